The van der Waals surface area contributed by atoms with Crippen molar-refractivity contribution in [1.82, 2.24) is 9.97 Å². The Kier molecular flexibility index (Phi) is 4.85. The van der Waals surface area contributed by atoms with Crippen LogP contribution in [0, 0.1) is 17.0 Å². The summed E-state index contributed by atoms with van der Waals surface area (Å²) in [4.78, 5) is 18.9. The largest absolute Gasteiger partial charge is 0.438 e. The minimum absolute atomic E-state index is 0.0162. The number of halogens is 1. The van der Waals surface area contributed by atoms with E-state index >= 15 is 0 Å². The van der Waals surface area contributed by atoms with Crippen molar-refractivity contribution in [2.24, 2.45) is 0 Å². The topological polar surface area (TPSA) is 78.2 Å². The van der Waals surface area contributed by atoms with Crippen LogP contribution in [0.5, 0.6) is 11.6 Å². The zero-order valence-corrected chi connectivity index (χ0v) is 13.3. The fourth-order valence-corrected chi connectivity index (χ4v) is 2.16. The van der Waals surface area contributed by atoms with Crippen LogP contribution in [0.4, 0.5) is 5.69 Å². The Morgan fingerprint density at radius 3 is 2.76 bits per heavy atom. The molecule has 7 heteroatoms. The smallest absolute Gasteiger partial charge is 0.273 e. The van der Waals surface area contributed by atoms with Crippen molar-refractivity contribution in [2.75, 3.05) is 0 Å². The van der Waals surface area contributed by atoms with Gasteiger partial charge in [0.2, 0.25) is 5.88 Å². The fraction of sp³-hybridized carbons (Fsp3) is 0.286. The van der Waals surface area contributed by atoms with Gasteiger partial charge in [-0.3, -0.25) is 10.1 Å². The first-order valence-corrected chi connectivity index (χ1v) is 7.25. The molecule has 0 amide bonds. The second kappa shape index (κ2) is 6.62. The van der Waals surface area contributed by atoms with E-state index in [9.17, 15) is 10.1 Å². The van der Waals surface area contributed by atoms with Crippen molar-refractivity contribution < 1.29 is 9.66 Å². The Morgan fingerprint density at radius 1 is 1.33 bits per heavy atom. The van der Waals surface area contributed by atoms with Gasteiger partial charge < -0.3 is 4.74 Å². The average molecular weight is 352 g/mol. The zero-order valence-electron chi connectivity index (χ0n) is 11.7. The van der Waals surface area contributed by atoms with Crippen LogP contribution in [0.1, 0.15) is 24.7 Å². The van der Waals surface area contributed by atoms with Crippen LogP contribution in [-0.4, -0.2) is 14.9 Å². The van der Waals surface area contributed by atoms with Gasteiger partial charge in [-0.1, -0.05) is 6.92 Å². The molecule has 0 saturated heterocycles. The number of rotatable bonds is 5. The van der Waals surface area contributed by atoms with Crippen LogP contribution in [-0.2, 0) is 6.42 Å². The first-order chi connectivity index (χ1) is 9.99. The molecule has 0 fully saturated rings. The lowest BCUT2D eigenvalue weighted by Gasteiger charge is -2.09. The van der Waals surface area contributed by atoms with E-state index in [1.54, 1.807) is 12.1 Å². The third-order valence-electron chi connectivity index (χ3n) is 2.79. The van der Waals surface area contributed by atoms with Gasteiger partial charge in [0, 0.05) is 18.6 Å². The Balaban J connectivity index is 2.33. The number of ether oxygens (including phenoxy) is 1. The predicted octanol–water partition coefficient (Wildman–Crippen LogP) is 4.20. The fourth-order valence-electron chi connectivity index (χ4n) is 1.75. The van der Waals surface area contributed by atoms with Gasteiger partial charge in [0.05, 0.1) is 11.0 Å². The van der Waals surface area contributed by atoms with Gasteiger partial charge >= 0.3 is 0 Å². The SMILES string of the molecule is CCCc1nc(Br)cc(Oc2cc([N+](=O)[O-])ccc2C)n1. The van der Waals surface area contributed by atoms with Gasteiger partial charge in [-0.2, -0.15) is 4.98 Å². The molecule has 6 nitrogen and oxygen atoms in total. The highest BCUT2D eigenvalue weighted by molar-refractivity contribution is 9.10. The molecule has 0 radical (unpaired) electrons. The minimum Gasteiger partial charge on any atom is -0.438 e. The first kappa shape index (κ1) is 15.4. The Hall–Kier alpha value is -2.02. The van der Waals surface area contributed by atoms with Crippen LogP contribution in [0.15, 0.2) is 28.9 Å². The number of hydrogen-bond acceptors (Lipinski definition) is 5. The van der Waals surface area contributed by atoms with Crippen molar-refractivity contribution in [3.8, 4) is 11.6 Å². The molecule has 1 heterocycles. The van der Waals surface area contributed by atoms with Gasteiger partial charge in [0.1, 0.15) is 16.2 Å². The number of non-ortho nitro benzene ring substituents is 1. The summed E-state index contributed by atoms with van der Waals surface area (Å²) in [5.74, 6) is 1.45. The van der Waals surface area contributed by atoms with Crippen LogP contribution < -0.4 is 4.74 Å². The van der Waals surface area contributed by atoms with Crippen LogP contribution in [0.3, 0.4) is 0 Å². The summed E-state index contributed by atoms with van der Waals surface area (Å²) >= 11 is 3.31. The number of aromatic nitrogens is 2. The van der Waals surface area contributed by atoms with E-state index in [0.29, 0.717) is 22.1 Å². The van der Waals surface area contributed by atoms with Crippen molar-refractivity contribution >= 4 is 21.6 Å². The van der Waals surface area contributed by atoms with E-state index in [4.69, 9.17) is 4.74 Å². The Bertz CT molecular complexity index is 677. The van der Waals surface area contributed by atoms with Crippen molar-refractivity contribution in [1.29, 1.82) is 0 Å². The molecule has 2 rings (SSSR count). The van der Waals surface area contributed by atoms with Crippen molar-refractivity contribution in [2.45, 2.75) is 26.7 Å². The number of aryl methyl sites for hydroxylation is 2. The summed E-state index contributed by atoms with van der Waals surface area (Å²) in [5, 5.41) is 10.8. The monoisotopic (exact) mass is 351 g/mol. The number of nitro groups is 1. The van der Waals surface area contributed by atoms with Gasteiger partial charge in [-0.05, 0) is 40.9 Å². The van der Waals surface area contributed by atoms with Crippen molar-refractivity contribution in [3.05, 3.63) is 50.4 Å². The highest BCUT2D eigenvalue weighted by Gasteiger charge is 2.12. The molecule has 0 aliphatic heterocycles. The quantitative estimate of drug-likeness (QED) is 0.458. The van der Waals surface area contributed by atoms with E-state index in [1.807, 2.05) is 13.8 Å². The summed E-state index contributed by atoms with van der Waals surface area (Å²) in [5.41, 5.74) is 0.782. The maximum absolute atomic E-state index is 10.8. The van der Waals surface area contributed by atoms with Crippen LogP contribution in [0.2, 0.25) is 0 Å². The van der Waals surface area contributed by atoms with Crippen LogP contribution in [0.25, 0.3) is 0 Å². The lowest BCUT2D eigenvalue weighted by Crippen LogP contribution is -1.99. The molecule has 0 unspecified atom stereocenters. The number of nitro benzene ring substituents is 1. The average Bonchev–Trinajstić information content (AvgIpc) is 2.40. The van der Waals surface area contributed by atoms with Gasteiger partial charge in [-0.15, -0.1) is 0 Å². The molecule has 1 aromatic carbocycles. The van der Waals surface area contributed by atoms with Crippen LogP contribution >= 0.6 is 15.9 Å². The zero-order chi connectivity index (χ0) is 15.4. The molecule has 0 saturated carbocycles. The number of hydrogen-bond donors (Lipinski definition) is 0. The molecule has 2 aromatic rings. The molecule has 0 aliphatic carbocycles. The third-order valence-corrected chi connectivity index (χ3v) is 3.19. The van der Waals surface area contributed by atoms with Crippen molar-refractivity contribution in [3.63, 3.8) is 0 Å². The second-order valence-electron chi connectivity index (χ2n) is 4.50. The highest BCUT2D eigenvalue weighted by atomic mass is 79.9. The first-order valence-electron chi connectivity index (χ1n) is 6.46. The standard InChI is InChI=1S/C14H14BrN3O3/c1-3-4-13-16-12(15)8-14(17-13)21-11-7-10(18(19)20)6-5-9(11)2/h5-8H,3-4H2,1-2H3. The van der Waals surface area contributed by atoms with E-state index in [2.05, 4.69) is 25.9 Å². The molecule has 21 heavy (non-hydrogen) atoms. The summed E-state index contributed by atoms with van der Waals surface area (Å²) in [6.07, 6.45) is 1.66. The molecule has 110 valence electrons. The van der Waals surface area contributed by atoms with Gasteiger partial charge in [0.25, 0.3) is 5.69 Å². The number of nitrogens with zero attached hydrogens (tertiary/aromatic N) is 3. The summed E-state index contributed by atoms with van der Waals surface area (Å²) in [6, 6.07) is 6.12. The third kappa shape index (κ3) is 3.98. The molecule has 0 spiro atoms. The maximum atomic E-state index is 10.8. The molecular formula is C14H14BrN3O3. The van der Waals surface area contributed by atoms with Gasteiger partial charge in [0.15, 0.2) is 0 Å². The van der Waals surface area contributed by atoms with E-state index in [-0.39, 0.29) is 5.69 Å². The normalized spacial score (nSPS) is 10.4. The summed E-state index contributed by atoms with van der Waals surface area (Å²) in [7, 11) is 0. The molecule has 1 aromatic heterocycles. The summed E-state index contributed by atoms with van der Waals surface area (Å²) in [6.45, 7) is 3.86. The van der Waals surface area contributed by atoms with Gasteiger partial charge in [-0.25, -0.2) is 4.98 Å². The molecular weight excluding hydrogens is 338 g/mol. The lowest BCUT2D eigenvalue weighted by atomic mass is 10.2. The molecule has 0 aliphatic rings. The Labute approximate surface area is 130 Å². The highest BCUT2D eigenvalue weighted by Crippen LogP contribution is 2.29. The van der Waals surface area contributed by atoms with E-state index < -0.39 is 4.92 Å². The van der Waals surface area contributed by atoms with E-state index in [1.165, 1.54) is 12.1 Å². The second-order valence-corrected chi connectivity index (χ2v) is 5.32. The predicted molar refractivity (Wildman–Crippen MR) is 81.6 cm³/mol. The molecule has 0 N–H and O–H groups in total. The summed E-state index contributed by atoms with van der Waals surface area (Å²) < 4.78 is 6.31. The van der Waals surface area contributed by atoms with E-state index in [0.717, 1.165) is 18.4 Å². The minimum atomic E-state index is -0.454. The lowest BCUT2D eigenvalue weighted by molar-refractivity contribution is -0.384. The molecule has 0 atom stereocenters. The number of benzene rings is 1. The Morgan fingerprint density at radius 2 is 2.10 bits per heavy atom. The maximum Gasteiger partial charge on any atom is 0.273 e. The molecule has 0 bridgehead atoms.